The van der Waals surface area contributed by atoms with Crippen LogP contribution < -0.4 is 5.32 Å². The Balaban J connectivity index is 2.95. The van der Waals surface area contributed by atoms with Crippen molar-refractivity contribution in [2.75, 3.05) is 20.6 Å². The summed E-state index contributed by atoms with van der Waals surface area (Å²) in [5.74, 6) is 0. The third-order valence-corrected chi connectivity index (χ3v) is 4.44. The van der Waals surface area contributed by atoms with Crippen LogP contribution in [0.5, 0.6) is 0 Å². The summed E-state index contributed by atoms with van der Waals surface area (Å²) in [6, 6.07) is 6.69. The highest BCUT2D eigenvalue weighted by Crippen LogP contribution is 2.24. The molecule has 0 bridgehead atoms. The van der Waals surface area contributed by atoms with Crippen LogP contribution in [-0.4, -0.2) is 37.1 Å². The van der Waals surface area contributed by atoms with Crippen LogP contribution in [0.4, 0.5) is 0 Å². The van der Waals surface area contributed by atoms with Crippen molar-refractivity contribution in [2.45, 2.75) is 45.7 Å². The molecule has 0 aromatic heterocycles. The minimum Gasteiger partial charge on any atom is -0.312 e. The van der Waals surface area contributed by atoms with E-state index < -0.39 is 0 Å². The number of halogens is 1. The summed E-state index contributed by atoms with van der Waals surface area (Å²) < 4.78 is 0. The van der Waals surface area contributed by atoms with Crippen LogP contribution in [0, 0.1) is 6.92 Å². The standard InChI is InChI=1S/C16H27ClN2/c1-7-18-15(16(3,4)19(5)6)11-13-9-8-12(2)10-14(13)17/h8-10,15,18H,7,11H2,1-6H3. The predicted molar refractivity (Wildman–Crippen MR) is 85.1 cm³/mol. The van der Waals surface area contributed by atoms with Crippen molar-refractivity contribution < 1.29 is 0 Å². The van der Waals surface area contributed by atoms with E-state index in [0.717, 1.165) is 18.0 Å². The SMILES string of the molecule is CCNC(Cc1ccc(C)cc1Cl)C(C)(C)N(C)C. The number of hydrogen-bond acceptors (Lipinski definition) is 2. The van der Waals surface area contributed by atoms with E-state index in [0.29, 0.717) is 6.04 Å². The van der Waals surface area contributed by atoms with E-state index >= 15 is 0 Å². The smallest absolute Gasteiger partial charge is 0.0441 e. The first kappa shape index (κ1) is 16.5. The lowest BCUT2D eigenvalue weighted by molar-refractivity contribution is 0.138. The first-order valence-corrected chi connectivity index (χ1v) is 7.32. The molecular formula is C16H27ClN2. The van der Waals surface area contributed by atoms with Crippen molar-refractivity contribution >= 4 is 11.6 Å². The van der Waals surface area contributed by atoms with Crippen molar-refractivity contribution in [1.82, 2.24) is 10.2 Å². The Morgan fingerprint density at radius 1 is 1.32 bits per heavy atom. The number of nitrogens with one attached hydrogen (secondary N) is 1. The number of rotatable bonds is 6. The maximum atomic E-state index is 6.36. The molecule has 3 heteroatoms. The molecule has 2 nitrogen and oxygen atoms in total. The van der Waals surface area contributed by atoms with E-state index in [1.165, 1.54) is 11.1 Å². The van der Waals surface area contributed by atoms with E-state index in [1.807, 2.05) is 6.07 Å². The lowest BCUT2D eigenvalue weighted by atomic mass is 9.88. The molecule has 1 atom stereocenters. The molecule has 0 aliphatic carbocycles. The molecule has 1 aromatic rings. The largest absolute Gasteiger partial charge is 0.312 e. The van der Waals surface area contributed by atoms with Crippen LogP contribution in [0.1, 0.15) is 31.9 Å². The highest BCUT2D eigenvalue weighted by Gasteiger charge is 2.31. The summed E-state index contributed by atoms with van der Waals surface area (Å²) in [4.78, 5) is 2.27. The zero-order chi connectivity index (χ0) is 14.6. The Morgan fingerprint density at radius 2 is 1.95 bits per heavy atom. The number of benzene rings is 1. The molecule has 0 saturated carbocycles. The third-order valence-electron chi connectivity index (χ3n) is 4.09. The van der Waals surface area contributed by atoms with E-state index in [9.17, 15) is 0 Å². The van der Waals surface area contributed by atoms with Gasteiger partial charge in [-0.1, -0.05) is 30.7 Å². The fourth-order valence-corrected chi connectivity index (χ4v) is 2.48. The number of hydrogen-bond donors (Lipinski definition) is 1. The zero-order valence-corrected chi connectivity index (χ0v) is 13.8. The molecule has 0 heterocycles. The second kappa shape index (κ2) is 6.74. The van der Waals surface area contributed by atoms with Gasteiger partial charge >= 0.3 is 0 Å². The van der Waals surface area contributed by atoms with Crippen molar-refractivity contribution in [1.29, 1.82) is 0 Å². The van der Waals surface area contributed by atoms with E-state index in [-0.39, 0.29) is 5.54 Å². The molecule has 0 amide bonds. The fraction of sp³-hybridized carbons (Fsp3) is 0.625. The quantitative estimate of drug-likeness (QED) is 0.859. The van der Waals surface area contributed by atoms with Crippen molar-refractivity contribution in [3.05, 3.63) is 34.3 Å². The topological polar surface area (TPSA) is 15.3 Å². The van der Waals surface area contributed by atoms with Crippen molar-refractivity contribution in [3.8, 4) is 0 Å². The Morgan fingerprint density at radius 3 is 2.42 bits per heavy atom. The molecule has 1 N–H and O–H groups in total. The lowest BCUT2D eigenvalue weighted by Gasteiger charge is -2.41. The predicted octanol–water partition coefficient (Wildman–Crippen LogP) is 3.51. The average Bonchev–Trinajstić information content (AvgIpc) is 2.31. The molecule has 0 saturated heterocycles. The number of likely N-dealkylation sites (N-methyl/N-ethyl adjacent to an activating group) is 2. The monoisotopic (exact) mass is 282 g/mol. The van der Waals surface area contributed by atoms with Gasteiger partial charge in [0.25, 0.3) is 0 Å². The van der Waals surface area contributed by atoms with Crippen molar-refractivity contribution in [3.63, 3.8) is 0 Å². The molecule has 1 rings (SSSR count). The summed E-state index contributed by atoms with van der Waals surface area (Å²) in [7, 11) is 4.25. The van der Waals surface area contributed by atoms with Crippen LogP contribution in [0.15, 0.2) is 18.2 Å². The number of aryl methyl sites for hydroxylation is 1. The number of nitrogens with zero attached hydrogens (tertiary/aromatic N) is 1. The Labute approximate surface area is 123 Å². The lowest BCUT2D eigenvalue weighted by Crippen LogP contribution is -2.56. The molecule has 0 aliphatic heterocycles. The molecule has 1 aromatic carbocycles. The van der Waals surface area contributed by atoms with Gasteiger partial charge in [0, 0.05) is 16.6 Å². The summed E-state index contributed by atoms with van der Waals surface area (Å²) in [5.41, 5.74) is 2.50. The van der Waals surface area contributed by atoms with Crippen molar-refractivity contribution in [2.24, 2.45) is 0 Å². The van der Waals surface area contributed by atoms with Gasteiger partial charge in [-0.2, -0.15) is 0 Å². The van der Waals surface area contributed by atoms with Crippen LogP contribution >= 0.6 is 11.6 Å². The van der Waals surface area contributed by atoms with Crippen LogP contribution in [0.3, 0.4) is 0 Å². The average molecular weight is 283 g/mol. The summed E-state index contributed by atoms with van der Waals surface area (Å²) in [5, 5.41) is 4.47. The normalized spacial score (nSPS) is 13.9. The maximum absolute atomic E-state index is 6.36. The molecule has 19 heavy (non-hydrogen) atoms. The highest BCUT2D eigenvalue weighted by molar-refractivity contribution is 6.31. The minimum atomic E-state index is 0.0736. The van der Waals surface area contributed by atoms with Gasteiger partial charge in [-0.25, -0.2) is 0 Å². The molecule has 0 radical (unpaired) electrons. The van der Waals surface area contributed by atoms with Gasteiger partial charge in [0.2, 0.25) is 0 Å². The van der Waals surface area contributed by atoms with Gasteiger partial charge in [-0.3, -0.25) is 0 Å². The first-order chi connectivity index (χ1) is 8.78. The second-order valence-electron chi connectivity index (χ2n) is 5.96. The Bertz CT molecular complexity index is 413. The molecule has 108 valence electrons. The van der Waals surface area contributed by atoms with Gasteiger partial charge in [0.15, 0.2) is 0 Å². The van der Waals surface area contributed by atoms with Crippen LogP contribution in [0.2, 0.25) is 5.02 Å². The first-order valence-electron chi connectivity index (χ1n) is 6.94. The van der Waals surface area contributed by atoms with Gasteiger partial charge in [0.1, 0.15) is 0 Å². The van der Waals surface area contributed by atoms with Gasteiger partial charge in [-0.05, 0) is 65.0 Å². The molecule has 1 unspecified atom stereocenters. The van der Waals surface area contributed by atoms with E-state index in [4.69, 9.17) is 11.6 Å². The van der Waals surface area contributed by atoms with Gasteiger partial charge in [0.05, 0.1) is 0 Å². The zero-order valence-electron chi connectivity index (χ0n) is 13.0. The van der Waals surface area contributed by atoms with Crippen LogP contribution in [-0.2, 0) is 6.42 Å². The Hall–Kier alpha value is -0.570. The van der Waals surface area contributed by atoms with Crippen LogP contribution in [0.25, 0.3) is 0 Å². The Kier molecular flexibility index (Phi) is 5.84. The summed E-state index contributed by atoms with van der Waals surface area (Å²) in [6.45, 7) is 9.72. The molecular weight excluding hydrogens is 256 g/mol. The minimum absolute atomic E-state index is 0.0736. The second-order valence-corrected chi connectivity index (χ2v) is 6.36. The van der Waals surface area contributed by atoms with Gasteiger partial charge < -0.3 is 10.2 Å². The summed E-state index contributed by atoms with van der Waals surface area (Å²) >= 11 is 6.36. The molecule has 0 aliphatic rings. The van der Waals surface area contributed by atoms with E-state index in [1.54, 1.807) is 0 Å². The highest BCUT2D eigenvalue weighted by atomic mass is 35.5. The molecule has 0 fully saturated rings. The fourth-order valence-electron chi connectivity index (χ4n) is 2.17. The third kappa shape index (κ3) is 4.20. The van der Waals surface area contributed by atoms with Gasteiger partial charge in [-0.15, -0.1) is 0 Å². The maximum Gasteiger partial charge on any atom is 0.0441 e. The summed E-state index contributed by atoms with van der Waals surface area (Å²) in [6.07, 6.45) is 0.943. The van der Waals surface area contributed by atoms with E-state index in [2.05, 4.69) is 64.1 Å². The molecule has 0 spiro atoms.